The Kier molecular flexibility index (Phi) is 5.73. The largest absolute Gasteiger partial charge is 0.479 e. The highest BCUT2D eigenvalue weighted by Gasteiger charge is 2.61. The van der Waals surface area contributed by atoms with Gasteiger partial charge in [0, 0.05) is 50.5 Å². The highest BCUT2D eigenvalue weighted by molar-refractivity contribution is 6.00. The number of aryl methyl sites for hydroxylation is 1. The summed E-state index contributed by atoms with van der Waals surface area (Å²) in [5, 5.41) is 19.3. The third-order valence-corrected chi connectivity index (χ3v) is 6.10. The molecule has 2 atom stereocenters. The predicted octanol–water partition coefficient (Wildman–Crippen LogP) is 1.43. The number of nitrogens with zero attached hydrogens (tertiary/aromatic N) is 4. The number of carbonyl (C=O) groups is 2. The Morgan fingerprint density at radius 2 is 1.77 bits per heavy atom. The van der Waals surface area contributed by atoms with E-state index in [-0.39, 0.29) is 12.5 Å². The minimum atomic E-state index is -1.31. The number of piperazine rings is 1. The van der Waals surface area contributed by atoms with Crippen molar-refractivity contribution in [2.75, 3.05) is 32.8 Å². The SMILES string of the molecule is Cc1ccccc1C(=O)N1CCN(/C(=N/C2(C(=O)O)CC2CO)c2ccccn2)CC1. The Morgan fingerprint density at radius 1 is 1.10 bits per heavy atom. The fraction of sp³-hybridized carbons (Fsp3) is 0.391. The monoisotopic (exact) mass is 422 g/mol. The quantitative estimate of drug-likeness (QED) is 0.558. The molecule has 0 spiro atoms. The first-order chi connectivity index (χ1) is 15.0. The van der Waals surface area contributed by atoms with Gasteiger partial charge >= 0.3 is 5.97 Å². The van der Waals surface area contributed by atoms with Crippen LogP contribution in [0.3, 0.4) is 0 Å². The van der Waals surface area contributed by atoms with Crippen molar-refractivity contribution in [1.29, 1.82) is 0 Å². The van der Waals surface area contributed by atoms with Crippen molar-refractivity contribution in [3.63, 3.8) is 0 Å². The topological polar surface area (TPSA) is 106 Å². The molecule has 8 nitrogen and oxygen atoms in total. The fourth-order valence-corrected chi connectivity index (χ4v) is 4.06. The summed E-state index contributed by atoms with van der Waals surface area (Å²) < 4.78 is 0. The number of hydrogen-bond donors (Lipinski definition) is 2. The van der Waals surface area contributed by atoms with Crippen LogP contribution in [0.4, 0.5) is 0 Å². The van der Waals surface area contributed by atoms with E-state index in [1.165, 1.54) is 0 Å². The van der Waals surface area contributed by atoms with Gasteiger partial charge in [-0.25, -0.2) is 9.79 Å². The van der Waals surface area contributed by atoms with Crippen molar-refractivity contribution in [2.45, 2.75) is 18.9 Å². The average Bonchev–Trinajstić information content (AvgIpc) is 3.53. The van der Waals surface area contributed by atoms with E-state index >= 15 is 0 Å². The van der Waals surface area contributed by atoms with Crippen LogP contribution in [0.15, 0.2) is 53.7 Å². The molecule has 31 heavy (non-hydrogen) atoms. The van der Waals surface area contributed by atoms with Gasteiger partial charge in [-0.2, -0.15) is 0 Å². The zero-order valence-electron chi connectivity index (χ0n) is 17.4. The Hall–Kier alpha value is -3.26. The van der Waals surface area contributed by atoms with E-state index in [2.05, 4.69) is 9.98 Å². The highest BCUT2D eigenvalue weighted by atomic mass is 16.4. The fourth-order valence-electron chi connectivity index (χ4n) is 4.06. The van der Waals surface area contributed by atoms with Crippen molar-refractivity contribution < 1.29 is 19.8 Å². The minimum Gasteiger partial charge on any atom is -0.479 e. The second kappa shape index (κ2) is 8.47. The van der Waals surface area contributed by atoms with Gasteiger partial charge in [0.25, 0.3) is 5.91 Å². The smallest absolute Gasteiger partial charge is 0.332 e. The van der Waals surface area contributed by atoms with Gasteiger partial charge in [-0.05, 0) is 37.1 Å². The normalized spacial score (nSPS) is 23.5. The Bertz CT molecular complexity index is 1000. The van der Waals surface area contributed by atoms with Crippen LogP contribution in [-0.2, 0) is 4.79 Å². The summed E-state index contributed by atoms with van der Waals surface area (Å²) in [5.74, 6) is -0.929. The van der Waals surface area contributed by atoms with E-state index in [1.807, 2.05) is 47.1 Å². The molecule has 2 unspecified atom stereocenters. The molecule has 0 radical (unpaired) electrons. The van der Waals surface area contributed by atoms with E-state index in [0.29, 0.717) is 49.7 Å². The minimum absolute atomic E-state index is 0.00128. The molecule has 2 heterocycles. The summed E-state index contributed by atoms with van der Waals surface area (Å²) in [5.41, 5.74) is 0.918. The Balaban J connectivity index is 1.56. The van der Waals surface area contributed by atoms with Crippen molar-refractivity contribution in [3.05, 3.63) is 65.5 Å². The number of aliphatic imine (C=N–C) groups is 1. The lowest BCUT2D eigenvalue weighted by Gasteiger charge is -2.37. The van der Waals surface area contributed by atoms with Crippen LogP contribution in [0.5, 0.6) is 0 Å². The molecule has 4 rings (SSSR count). The van der Waals surface area contributed by atoms with Gasteiger partial charge in [0.1, 0.15) is 5.69 Å². The first-order valence-electron chi connectivity index (χ1n) is 10.4. The number of hydrogen-bond acceptors (Lipinski definition) is 5. The van der Waals surface area contributed by atoms with Crippen molar-refractivity contribution in [2.24, 2.45) is 10.9 Å². The van der Waals surface area contributed by atoms with Crippen molar-refractivity contribution >= 4 is 17.7 Å². The van der Waals surface area contributed by atoms with Crippen molar-refractivity contribution in [1.82, 2.24) is 14.8 Å². The molecular formula is C23H26N4O4. The summed E-state index contributed by atoms with van der Waals surface area (Å²) in [6.45, 7) is 3.75. The van der Waals surface area contributed by atoms with E-state index in [4.69, 9.17) is 0 Å². The molecular weight excluding hydrogens is 396 g/mol. The summed E-state index contributed by atoms with van der Waals surface area (Å²) in [6.07, 6.45) is 1.95. The molecule has 1 saturated carbocycles. The molecule has 2 aromatic rings. The first-order valence-corrected chi connectivity index (χ1v) is 10.4. The Morgan fingerprint density at radius 3 is 2.35 bits per heavy atom. The van der Waals surface area contributed by atoms with Gasteiger partial charge in [0.05, 0.1) is 0 Å². The third kappa shape index (κ3) is 4.03. The lowest BCUT2D eigenvalue weighted by molar-refractivity contribution is -0.140. The maximum atomic E-state index is 12.9. The number of carboxylic acid groups (broad SMARTS) is 1. The van der Waals surface area contributed by atoms with Crippen LogP contribution in [0.1, 0.15) is 28.0 Å². The van der Waals surface area contributed by atoms with Gasteiger partial charge in [0.15, 0.2) is 11.4 Å². The molecule has 162 valence electrons. The van der Waals surface area contributed by atoms with Crippen LogP contribution in [0.25, 0.3) is 0 Å². The second-order valence-corrected chi connectivity index (χ2v) is 8.06. The van der Waals surface area contributed by atoms with Gasteiger partial charge in [0.2, 0.25) is 0 Å². The van der Waals surface area contributed by atoms with E-state index in [1.54, 1.807) is 18.3 Å². The molecule has 1 amide bonds. The van der Waals surface area contributed by atoms with Crippen LogP contribution in [0.2, 0.25) is 0 Å². The lowest BCUT2D eigenvalue weighted by Crippen LogP contribution is -2.51. The van der Waals surface area contributed by atoms with Gasteiger partial charge < -0.3 is 20.0 Å². The molecule has 1 aromatic heterocycles. The molecule has 2 fully saturated rings. The summed E-state index contributed by atoms with van der Waals surface area (Å²) in [7, 11) is 0. The van der Waals surface area contributed by atoms with Gasteiger partial charge in [-0.1, -0.05) is 24.3 Å². The average molecular weight is 422 g/mol. The number of aromatic nitrogens is 1. The van der Waals surface area contributed by atoms with E-state index in [9.17, 15) is 19.8 Å². The molecule has 1 aliphatic heterocycles. The number of aliphatic hydroxyl groups is 1. The van der Waals surface area contributed by atoms with E-state index in [0.717, 1.165) is 5.56 Å². The summed E-state index contributed by atoms with van der Waals surface area (Å²) in [4.78, 5) is 37.7. The number of carboxylic acids is 1. The molecule has 8 heteroatoms. The number of benzene rings is 1. The zero-order valence-corrected chi connectivity index (χ0v) is 17.4. The molecule has 0 bridgehead atoms. The molecule has 2 N–H and O–H groups in total. The van der Waals surface area contributed by atoms with Crippen LogP contribution < -0.4 is 0 Å². The summed E-state index contributed by atoms with van der Waals surface area (Å²) in [6, 6.07) is 13.0. The Labute approximate surface area is 180 Å². The molecule has 1 saturated heterocycles. The van der Waals surface area contributed by atoms with Gasteiger partial charge in [-0.3, -0.25) is 9.78 Å². The number of rotatable bonds is 5. The van der Waals surface area contributed by atoms with Crippen LogP contribution in [0, 0.1) is 12.8 Å². The van der Waals surface area contributed by atoms with E-state index < -0.39 is 17.4 Å². The predicted molar refractivity (Wildman–Crippen MR) is 115 cm³/mol. The molecule has 1 aliphatic carbocycles. The summed E-state index contributed by atoms with van der Waals surface area (Å²) >= 11 is 0. The lowest BCUT2D eigenvalue weighted by atomic mass is 10.1. The second-order valence-electron chi connectivity index (χ2n) is 8.06. The highest BCUT2D eigenvalue weighted by Crippen LogP contribution is 2.47. The third-order valence-electron chi connectivity index (χ3n) is 6.10. The number of aliphatic hydroxyl groups excluding tert-OH is 1. The first kappa shape index (κ1) is 21.0. The maximum Gasteiger partial charge on any atom is 0.332 e. The number of pyridine rings is 1. The number of aliphatic carboxylic acids is 1. The van der Waals surface area contributed by atoms with Crippen LogP contribution >= 0.6 is 0 Å². The molecule has 2 aliphatic rings. The van der Waals surface area contributed by atoms with Gasteiger partial charge in [-0.15, -0.1) is 0 Å². The van der Waals surface area contributed by atoms with Crippen LogP contribution in [-0.4, -0.2) is 81.0 Å². The number of carbonyl (C=O) groups excluding carboxylic acids is 1. The number of amides is 1. The zero-order chi connectivity index (χ0) is 22.0. The molecule has 1 aromatic carbocycles. The maximum absolute atomic E-state index is 12.9. The van der Waals surface area contributed by atoms with Crippen molar-refractivity contribution in [3.8, 4) is 0 Å². The number of amidine groups is 1. The standard InChI is InChI=1S/C23H26N4O4/c1-16-6-2-3-7-18(16)21(29)27-12-10-26(11-13-27)20(19-8-4-5-9-24-19)25-23(22(30)31)14-17(23)15-28/h2-9,17,28H,10-15H2,1H3,(H,30,31)/b25-20+.